The summed E-state index contributed by atoms with van der Waals surface area (Å²) < 4.78 is 44.2. The molecule has 0 saturated carbocycles. The molecular formula is C27H25F3N4O2. The molecule has 1 aliphatic heterocycles. The number of carbonyl (C=O) groups excluding carboxylic acids is 2. The summed E-state index contributed by atoms with van der Waals surface area (Å²) in [6, 6.07) is 11.3. The van der Waals surface area contributed by atoms with Gasteiger partial charge < -0.3 is 14.5 Å². The van der Waals surface area contributed by atoms with Crippen LogP contribution in [0.1, 0.15) is 30.5 Å². The summed E-state index contributed by atoms with van der Waals surface area (Å²) in [6.45, 7) is 6.73. The molecule has 9 heteroatoms. The van der Waals surface area contributed by atoms with Gasteiger partial charge in [0.2, 0.25) is 0 Å². The van der Waals surface area contributed by atoms with E-state index in [1.165, 1.54) is 6.07 Å². The van der Waals surface area contributed by atoms with Gasteiger partial charge in [0.15, 0.2) is 0 Å². The van der Waals surface area contributed by atoms with E-state index < -0.39 is 23.6 Å². The Bertz CT molecular complexity index is 1520. The van der Waals surface area contributed by atoms with Crippen molar-refractivity contribution in [3.05, 3.63) is 71.5 Å². The van der Waals surface area contributed by atoms with Crippen molar-refractivity contribution in [2.24, 2.45) is 0 Å². The SMILES string of the molecule is CCN(CC)CCn1cc(C2=C(c3c[nH]c4ccccc34)C(=O)NC2=O)c2c(C(F)(F)F)cccc21. The maximum atomic E-state index is 14.2. The highest BCUT2D eigenvalue weighted by atomic mass is 19.4. The zero-order chi connectivity index (χ0) is 25.6. The number of rotatable bonds is 7. The quantitative estimate of drug-likeness (QED) is 0.353. The molecule has 5 rings (SSSR count). The summed E-state index contributed by atoms with van der Waals surface area (Å²) >= 11 is 0. The van der Waals surface area contributed by atoms with Crippen LogP contribution in [0.25, 0.3) is 33.0 Å². The fourth-order valence-electron chi connectivity index (χ4n) is 5.00. The highest BCUT2D eigenvalue weighted by Gasteiger charge is 2.39. The lowest BCUT2D eigenvalue weighted by Crippen LogP contribution is -2.26. The molecule has 0 radical (unpaired) electrons. The first-order valence-corrected chi connectivity index (χ1v) is 11.8. The maximum Gasteiger partial charge on any atom is 0.417 e. The van der Waals surface area contributed by atoms with Crippen LogP contribution in [-0.4, -0.2) is 45.9 Å². The Morgan fingerprint density at radius 1 is 0.917 bits per heavy atom. The maximum absolute atomic E-state index is 14.2. The normalized spacial score (nSPS) is 14.6. The average Bonchev–Trinajstić information content (AvgIpc) is 3.51. The van der Waals surface area contributed by atoms with Crippen molar-refractivity contribution in [3.63, 3.8) is 0 Å². The molecule has 0 bridgehead atoms. The summed E-state index contributed by atoms with van der Waals surface area (Å²) in [4.78, 5) is 31.3. The number of hydrogen-bond donors (Lipinski definition) is 2. The molecule has 2 aromatic carbocycles. The number of nitrogens with zero attached hydrogens (tertiary/aromatic N) is 2. The predicted octanol–water partition coefficient (Wildman–Crippen LogP) is 5.05. The van der Waals surface area contributed by atoms with E-state index in [2.05, 4.69) is 15.2 Å². The Morgan fingerprint density at radius 3 is 2.31 bits per heavy atom. The summed E-state index contributed by atoms with van der Waals surface area (Å²) in [7, 11) is 0. The second-order valence-corrected chi connectivity index (χ2v) is 8.74. The van der Waals surface area contributed by atoms with E-state index in [-0.39, 0.29) is 22.1 Å². The molecule has 0 spiro atoms. The summed E-state index contributed by atoms with van der Waals surface area (Å²) in [5.41, 5.74) is 0.868. The van der Waals surface area contributed by atoms with Crippen LogP contribution in [0, 0.1) is 0 Å². The van der Waals surface area contributed by atoms with Crippen LogP contribution in [0.2, 0.25) is 0 Å². The van der Waals surface area contributed by atoms with Gasteiger partial charge in [0, 0.05) is 58.4 Å². The highest BCUT2D eigenvalue weighted by Crippen LogP contribution is 2.43. The van der Waals surface area contributed by atoms with Crippen molar-refractivity contribution in [3.8, 4) is 0 Å². The Balaban J connectivity index is 1.79. The van der Waals surface area contributed by atoms with Gasteiger partial charge in [-0.25, -0.2) is 0 Å². The minimum absolute atomic E-state index is 0.0481. The van der Waals surface area contributed by atoms with Crippen LogP contribution < -0.4 is 5.32 Å². The number of halogens is 3. The predicted molar refractivity (Wildman–Crippen MR) is 133 cm³/mol. The minimum Gasteiger partial charge on any atom is -0.361 e. The molecule has 4 aromatic rings. The standard InChI is InChI=1S/C27H25F3N4O2/c1-3-33(4-2)12-13-34-15-18(22-19(27(28,29)30)9-7-11-21(22)34)24-23(25(35)32-26(24)36)17-14-31-20-10-6-5-8-16(17)20/h5-11,14-15,31H,3-4,12-13H2,1-2H3,(H,32,35,36). The van der Waals surface area contributed by atoms with Gasteiger partial charge in [0.25, 0.3) is 11.8 Å². The van der Waals surface area contributed by atoms with Crippen molar-refractivity contribution < 1.29 is 22.8 Å². The van der Waals surface area contributed by atoms with Crippen LogP contribution in [0.3, 0.4) is 0 Å². The Kier molecular flexibility index (Phi) is 5.96. The van der Waals surface area contributed by atoms with E-state index in [0.29, 0.717) is 29.6 Å². The zero-order valence-electron chi connectivity index (χ0n) is 19.9. The summed E-state index contributed by atoms with van der Waals surface area (Å²) in [6.07, 6.45) is -1.45. The number of benzene rings is 2. The number of H-pyrrole nitrogens is 1. The lowest BCUT2D eigenvalue weighted by atomic mass is 9.94. The number of para-hydroxylation sites is 1. The smallest absolute Gasteiger partial charge is 0.361 e. The average molecular weight is 495 g/mol. The van der Waals surface area contributed by atoms with Crippen molar-refractivity contribution in [1.82, 2.24) is 19.8 Å². The Morgan fingerprint density at radius 2 is 1.61 bits per heavy atom. The van der Waals surface area contributed by atoms with Gasteiger partial charge in [-0.3, -0.25) is 14.9 Å². The monoisotopic (exact) mass is 494 g/mol. The minimum atomic E-state index is -4.64. The summed E-state index contributed by atoms with van der Waals surface area (Å²) in [5.74, 6) is -1.34. The highest BCUT2D eigenvalue weighted by molar-refractivity contribution is 6.50. The topological polar surface area (TPSA) is 70.1 Å². The van der Waals surface area contributed by atoms with E-state index in [4.69, 9.17) is 0 Å². The number of hydrogen-bond acceptors (Lipinski definition) is 3. The molecule has 2 amide bonds. The molecule has 2 aromatic heterocycles. The second-order valence-electron chi connectivity index (χ2n) is 8.74. The van der Waals surface area contributed by atoms with Crippen LogP contribution in [0.4, 0.5) is 13.2 Å². The van der Waals surface area contributed by atoms with Gasteiger partial charge in [-0.05, 0) is 31.3 Å². The van der Waals surface area contributed by atoms with Crippen LogP contribution in [0.5, 0.6) is 0 Å². The fourth-order valence-corrected chi connectivity index (χ4v) is 5.00. The second kappa shape index (κ2) is 8.98. The van der Waals surface area contributed by atoms with Gasteiger partial charge in [-0.1, -0.05) is 38.1 Å². The third-order valence-corrected chi connectivity index (χ3v) is 6.82. The Labute approximate surface area is 205 Å². The number of nitrogens with one attached hydrogen (secondary N) is 2. The number of aromatic nitrogens is 2. The van der Waals surface area contributed by atoms with Crippen molar-refractivity contribution in [2.75, 3.05) is 19.6 Å². The van der Waals surface area contributed by atoms with E-state index in [1.54, 1.807) is 35.2 Å². The van der Waals surface area contributed by atoms with Crippen LogP contribution in [-0.2, 0) is 22.3 Å². The zero-order valence-corrected chi connectivity index (χ0v) is 19.9. The molecule has 0 saturated heterocycles. The number of likely N-dealkylation sites (N-methyl/N-ethyl adjacent to an activating group) is 1. The molecule has 0 atom stereocenters. The largest absolute Gasteiger partial charge is 0.417 e. The third-order valence-electron chi connectivity index (χ3n) is 6.82. The van der Waals surface area contributed by atoms with E-state index in [0.717, 1.165) is 24.7 Å². The van der Waals surface area contributed by atoms with Gasteiger partial charge in [-0.15, -0.1) is 0 Å². The van der Waals surface area contributed by atoms with Gasteiger partial charge in [0.05, 0.1) is 16.7 Å². The first-order valence-electron chi connectivity index (χ1n) is 11.8. The van der Waals surface area contributed by atoms with E-state index in [9.17, 15) is 22.8 Å². The first kappa shape index (κ1) is 23.9. The molecule has 3 heterocycles. The molecule has 6 nitrogen and oxygen atoms in total. The number of fused-ring (bicyclic) bond motifs is 2. The van der Waals surface area contributed by atoms with Crippen molar-refractivity contribution in [1.29, 1.82) is 0 Å². The molecule has 36 heavy (non-hydrogen) atoms. The Hall–Kier alpha value is -3.85. The first-order chi connectivity index (χ1) is 17.2. The van der Waals surface area contributed by atoms with Crippen LogP contribution >= 0.6 is 0 Å². The molecule has 186 valence electrons. The number of carbonyl (C=O) groups is 2. The van der Waals surface area contributed by atoms with Crippen molar-refractivity contribution in [2.45, 2.75) is 26.6 Å². The molecular weight excluding hydrogens is 469 g/mol. The number of imide groups is 1. The third kappa shape index (κ3) is 3.89. The number of amides is 2. The lowest BCUT2D eigenvalue weighted by Gasteiger charge is -2.18. The van der Waals surface area contributed by atoms with Crippen LogP contribution in [0.15, 0.2) is 54.9 Å². The van der Waals surface area contributed by atoms with Crippen molar-refractivity contribution >= 4 is 44.8 Å². The molecule has 1 aliphatic rings. The molecule has 0 unspecified atom stereocenters. The molecule has 2 N–H and O–H groups in total. The summed E-state index contributed by atoms with van der Waals surface area (Å²) in [5, 5.41) is 2.93. The molecule has 0 aliphatic carbocycles. The molecule has 0 fully saturated rings. The van der Waals surface area contributed by atoms with Gasteiger partial charge in [0.1, 0.15) is 0 Å². The number of alkyl halides is 3. The van der Waals surface area contributed by atoms with E-state index in [1.807, 2.05) is 26.0 Å². The van der Waals surface area contributed by atoms with E-state index >= 15 is 0 Å². The fraction of sp³-hybridized carbons (Fsp3) is 0.259. The number of aromatic amines is 1. The van der Waals surface area contributed by atoms with Gasteiger partial charge in [-0.2, -0.15) is 13.2 Å². The lowest BCUT2D eigenvalue weighted by molar-refractivity contribution is -0.136. The van der Waals surface area contributed by atoms with Gasteiger partial charge >= 0.3 is 6.18 Å².